The number of hydrogen-bond donors (Lipinski definition) is 0. The Bertz CT molecular complexity index is 604. The largest absolute Gasteiger partial charge is 0.497 e. The van der Waals surface area contributed by atoms with Crippen LogP contribution < -0.4 is 9.47 Å². The van der Waals surface area contributed by atoms with Crippen molar-refractivity contribution in [2.24, 2.45) is 0 Å². The average Bonchev–Trinajstić information content (AvgIpc) is 2.46. The number of hydrogen-bond acceptors (Lipinski definition) is 2. The summed E-state index contributed by atoms with van der Waals surface area (Å²) in [6, 6.07) is 10.3. The summed E-state index contributed by atoms with van der Waals surface area (Å²) in [6.45, 7) is 0.127. The minimum atomic E-state index is -0.358. The van der Waals surface area contributed by atoms with E-state index in [0.717, 1.165) is 10.0 Å². The summed E-state index contributed by atoms with van der Waals surface area (Å²) in [5.41, 5.74) is 1.32. The first-order valence-corrected chi connectivity index (χ1v) is 7.27. The molecule has 0 N–H and O–H groups in total. The fourth-order valence-corrected chi connectivity index (χ4v) is 2.47. The molecule has 0 saturated heterocycles. The van der Waals surface area contributed by atoms with E-state index >= 15 is 0 Å². The third kappa shape index (κ3) is 3.44. The lowest BCUT2D eigenvalue weighted by atomic mass is 10.2. The maximum Gasteiger partial charge on any atom is 0.138 e. The molecule has 5 heteroatoms. The second-order valence-corrected chi connectivity index (χ2v) is 5.23. The molecular formula is C15H13BrClFO2. The molecule has 2 rings (SSSR count). The monoisotopic (exact) mass is 358 g/mol. The van der Waals surface area contributed by atoms with Crippen LogP contribution in [0.2, 0.25) is 0 Å². The van der Waals surface area contributed by atoms with Gasteiger partial charge in [-0.05, 0) is 34.1 Å². The van der Waals surface area contributed by atoms with Gasteiger partial charge in [0, 0.05) is 17.2 Å². The van der Waals surface area contributed by atoms with E-state index in [1.54, 1.807) is 12.1 Å². The third-order valence-electron chi connectivity index (χ3n) is 2.82. The Hall–Kier alpha value is -1.26. The highest BCUT2D eigenvalue weighted by Gasteiger charge is 2.10. The molecule has 0 fully saturated rings. The fraction of sp³-hybridized carbons (Fsp3) is 0.200. The molecule has 0 atom stereocenters. The molecule has 0 aliphatic heterocycles. The van der Waals surface area contributed by atoms with Crippen LogP contribution >= 0.6 is 27.5 Å². The van der Waals surface area contributed by atoms with Gasteiger partial charge in [0.2, 0.25) is 0 Å². The van der Waals surface area contributed by atoms with Gasteiger partial charge in [0.25, 0.3) is 0 Å². The zero-order chi connectivity index (χ0) is 14.5. The number of methoxy groups -OCH3 is 1. The van der Waals surface area contributed by atoms with Gasteiger partial charge in [0.15, 0.2) is 0 Å². The van der Waals surface area contributed by atoms with Gasteiger partial charge in [-0.1, -0.05) is 12.1 Å². The van der Waals surface area contributed by atoms with Gasteiger partial charge in [-0.15, -0.1) is 11.6 Å². The SMILES string of the molecule is COc1ccc(COc2c(Br)cccc2CCl)c(F)c1. The second kappa shape index (κ2) is 6.95. The minimum absolute atomic E-state index is 0.127. The Morgan fingerprint density at radius 3 is 2.65 bits per heavy atom. The molecule has 2 nitrogen and oxygen atoms in total. The summed E-state index contributed by atoms with van der Waals surface area (Å²) < 4.78 is 25.3. The molecular weight excluding hydrogens is 347 g/mol. The number of halogens is 3. The van der Waals surface area contributed by atoms with Crippen LogP contribution in [0, 0.1) is 5.82 Å². The summed E-state index contributed by atoms with van der Waals surface area (Å²) >= 11 is 9.27. The van der Waals surface area contributed by atoms with E-state index < -0.39 is 0 Å². The quantitative estimate of drug-likeness (QED) is 0.706. The van der Waals surface area contributed by atoms with Crippen molar-refractivity contribution >= 4 is 27.5 Å². The van der Waals surface area contributed by atoms with Gasteiger partial charge in [-0.2, -0.15) is 0 Å². The highest BCUT2D eigenvalue weighted by Crippen LogP contribution is 2.31. The van der Waals surface area contributed by atoms with Crippen LogP contribution in [0.1, 0.15) is 11.1 Å². The van der Waals surface area contributed by atoms with Crippen molar-refractivity contribution in [3.63, 3.8) is 0 Å². The normalized spacial score (nSPS) is 10.4. The van der Waals surface area contributed by atoms with E-state index in [1.165, 1.54) is 13.2 Å². The van der Waals surface area contributed by atoms with E-state index in [-0.39, 0.29) is 12.4 Å². The van der Waals surface area contributed by atoms with Crippen LogP contribution in [0.3, 0.4) is 0 Å². The van der Waals surface area contributed by atoms with E-state index in [2.05, 4.69) is 15.9 Å². The summed E-state index contributed by atoms with van der Waals surface area (Å²) in [5.74, 6) is 1.09. The predicted molar refractivity (Wildman–Crippen MR) is 81.0 cm³/mol. The molecule has 20 heavy (non-hydrogen) atoms. The van der Waals surface area contributed by atoms with E-state index in [9.17, 15) is 4.39 Å². The first kappa shape index (κ1) is 15.1. The summed E-state index contributed by atoms with van der Waals surface area (Å²) in [6.07, 6.45) is 0. The fourth-order valence-electron chi connectivity index (χ4n) is 1.74. The van der Waals surface area contributed by atoms with Gasteiger partial charge in [-0.3, -0.25) is 0 Å². The Labute approximate surface area is 130 Å². The van der Waals surface area contributed by atoms with Crippen LogP contribution in [0.4, 0.5) is 4.39 Å². The zero-order valence-corrected chi connectivity index (χ0v) is 13.2. The van der Waals surface area contributed by atoms with Crippen molar-refractivity contribution in [3.8, 4) is 11.5 Å². The number of benzene rings is 2. The van der Waals surface area contributed by atoms with Gasteiger partial charge in [-0.25, -0.2) is 4.39 Å². The van der Waals surface area contributed by atoms with E-state index in [4.69, 9.17) is 21.1 Å². The molecule has 0 unspecified atom stereocenters. The van der Waals surface area contributed by atoms with Gasteiger partial charge < -0.3 is 9.47 Å². The maximum absolute atomic E-state index is 13.8. The van der Waals surface area contributed by atoms with Crippen LogP contribution in [-0.2, 0) is 12.5 Å². The minimum Gasteiger partial charge on any atom is -0.497 e. The number of rotatable bonds is 5. The Kier molecular flexibility index (Phi) is 5.26. The lowest BCUT2D eigenvalue weighted by Gasteiger charge is -2.12. The highest BCUT2D eigenvalue weighted by molar-refractivity contribution is 9.10. The smallest absolute Gasteiger partial charge is 0.138 e. The van der Waals surface area contributed by atoms with Gasteiger partial charge in [0.1, 0.15) is 23.9 Å². The van der Waals surface area contributed by atoms with Crippen molar-refractivity contribution < 1.29 is 13.9 Å². The Morgan fingerprint density at radius 1 is 1.20 bits per heavy atom. The van der Waals surface area contributed by atoms with Crippen LogP contribution in [-0.4, -0.2) is 7.11 Å². The third-order valence-corrected chi connectivity index (χ3v) is 3.74. The second-order valence-electron chi connectivity index (χ2n) is 4.11. The molecule has 0 heterocycles. The highest BCUT2D eigenvalue weighted by atomic mass is 79.9. The molecule has 0 aliphatic rings. The summed E-state index contributed by atoms with van der Waals surface area (Å²) in [4.78, 5) is 0. The van der Waals surface area contributed by atoms with E-state index in [1.807, 2.05) is 18.2 Å². The van der Waals surface area contributed by atoms with Crippen molar-refractivity contribution in [1.82, 2.24) is 0 Å². The standard InChI is InChI=1S/C15H13BrClFO2/c1-19-12-6-5-11(14(18)7-12)9-20-15-10(8-17)3-2-4-13(15)16/h2-7H,8-9H2,1H3. The molecule has 0 aromatic heterocycles. The molecule has 2 aromatic rings. The zero-order valence-electron chi connectivity index (χ0n) is 10.8. The Balaban J connectivity index is 2.17. The molecule has 0 amide bonds. The van der Waals surface area contributed by atoms with Crippen molar-refractivity contribution in [1.29, 1.82) is 0 Å². The average molecular weight is 360 g/mol. The lowest BCUT2D eigenvalue weighted by molar-refractivity contribution is 0.295. The Morgan fingerprint density at radius 2 is 2.00 bits per heavy atom. The van der Waals surface area contributed by atoms with Gasteiger partial charge in [0.05, 0.1) is 17.5 Å². The van der Waals surface area contributed by atoms with Crippen molar-refractivity contribution in [3.05, 3.63) is 57.8 Å². The number of ether oxygens (including phenoxy) is 2. The summed E-state index contributed by atoms with van der Waals surface area (Å²) in [7, 11) is 1.50. The molecule has 0 saturated carbocycles. The van der Waals surface area contributed by atoms with Crippen molar-refractivity contribution in [2.45, 2.75) is 12.5 Å². The topological polar surface area (TPSA) is 18.5 Å². The van der Waals surface area contributed by atoms with Crippen LogP contribution in [0.15, 0.2) is 40.9 Å². The molecule has 0 bridgehead atoms. The molecule has 0 aliphatic carbocycles. The molecule has 0 radical (unpaired) electrons. The predicted octanol–water partition coefficient (Wildman–Crippen LogP) is 4.91. The molecule has 106 valence electrons. The number of alkyl halides is 1. The maximum atomic E-state index is 13.8. The molecule has 2 aromatic carbocycles. The summed E-state index contributed by atoms with van der Waals surface area (Å²) in [5, 5.41) is 0. The van der Waals surface area contributed by atoms with Gasteiger partial charge >= 0.3 is 0 Å². The van der Waals surface area contributed by atoms with Crippen LogP contribution in [0.25, 0.3) is 0 Å². The van der Waals surface area contributed by atoms with E-state index in [0.29, 0.717) is 22.9 Å². The number of para-hydroxylation sites is 1. The van der Waals surface area contributed by atoms with Crippen LogP contribution in [0.5, 0.6) is 11.5 Å². The molecule has 0 spiro atoms. The van der Waals surface area contributed by atoms with Crippen molar-refractivity contribution in [2.75, 3.05) is 7.11 Å². The first-order valence-electron chi connectivity index (χ1n) is 5.94. The lowest BCUT2D eigenvalue weighted by Crippen LogP contribution is -2.01. The first-order chi connectivity index (χ1) is 9.65.